The third-order valence-electron chi connectivity index (χ3n) is 5.80. The van der Waals surface area contributed by atoms with E-state index >= 15 is 0 Å². The van der Waals surface area contributed by atoms with Gasteiger partial charge < -0.3 is 10.2 Å². The molecule has 0 fully saturated rings. The zero-order chi connectivity index (χ0) is 25.0. The molecule has 0 spiro atoms. The Morgan fingerprint density at radius 3 is 2.18 bits per heavy atom. The summed E-state index contributed by atoms with van der Waals surface area (Å²) in [5.74, 6) is -0.321. The topological polar surface area (TPSA) is 86.8 Å². The van der Waals surface area contributed by atoms with Crippen LogP contribution in [0, 0.1) is 0 Å². The first kappa shape index (κ1) is 27.5. The lowest BCUT2D eigenvalue weighted by Crippen LogP contribution is -2.49. The number of hydrogen-bond acceptors (Lipinski definition) is 4. The molecule has 186 valence electrons. The largest absolute Gasteiger partial charge is 0.354 e. The lowest BCUT2D eigenvalue weighted by atomic mass is 10.1. The van der Waals surface area contributed by atoms with Crippen molar-refractivity contribution < 1.29 is 18.0 Å². The van der Waals surface area contributed by atoms with Gasteiger partial charge in [-0.2, -0.15) is 0 Å². The average Bonchev–Trinajstić information content (AvgIpc) is 2.85. The standard InChI is InChI=1S/C26H37N3O4S/c1-4-5-19-27-26(31)22(2)29(21-18-23-13-8-6-9-14-23)25(30)17-12-20-28(3)34(32,33)24-15-10-7-11-16-24/h6-11,13-16,22H,4-5,12,17-21H2,1-3H3,(H,27,31). The van der Waals surface area contributed by atoms with Crippen molar-refractivity contribution in [2.45, 2.75) is 56.9 Å². The highest BCUT2D eigenvalue weighted by Gasteiger charge is 2.26. The Morgan fingerprint density at radius 1 is 0.941 bits per heavy atom. The summed E-state index contributed by atoms with van der Waals surface area (Å²) in [5.41, 5.74) is 1.09. The van der Waals surface area contributed by atoms with Crippen LogP contribution >= 0.6 is 0 Å². The minimum absolute atomic E-state index is 0.153. The van der Waals surface area contributed by atoms with E-state index in [4.69, 9.17) is 0 Å². The summed E-state index contributed by atoms with van der Waals surface area (Å²) in [5, 5.41) is 2.91. The highest BCUT2D eigenvalue weighted by molar-refractivity contribution is 7.89. The number of rotatable bonds is 14. The fourth-order valence-corrected chi connectivity index (χ4v) is 4.83. The SMILES string of the molecule is CCCCNC(=O)C(C)N(CCc1ccccc1)C(=O)CCCN(C)S(=O)(=O)c1ccccc1. The summed E-state index contributed by atoms with van der Waals surface area (Å²) in [6.45, 7) is 5.02. The van der Waals surface area contributed by atoms with Crippen LogP contribution in [-0.4, -0.2) is 62.2 Å². The molecule has 0 aromatic heterocycles. The van der Waals surface area contributed by atoms with Crippen molar-refractivity contribution in [1.29, 1.82) is 0 Å². The van der Waals surface area contributed by atoms with Gasteiger partial charge in [0.05, 0.1) is 4.90 Å². The molecule has 2 rings (SSSR count). The van der Waals surface area contributed by atoms with Crippen molar-refractivity contribution in [3.63, 3.8) is 0 Å². The molecule has 0 aliphatic carbocycles. The van der Waals surface area contributed by atoms with Crippen LogP contribution in [0.2, 0.25) is 0 Å². The Hall–Kier alpha value is -2.71. The highest BCUT2D eigenvalue weighted by Crippen LogP contribution is 2.15. The van der Waals surface area contributed by atoms with E-state index in [1.807, 2.05) is 30.3 Å². The van der Waals surface area contributed by atoms with Crippen LogP contribution in [0.1, 0.15) is 45.1 Å². The molecule has 0 aliphatic heterocycles. The Balaban J connectivity index is 1.99. The molecule has 0 saturated heterocycles. The highest BCUT2D eigenvalue weighted by atomic mass is 32.2. The molecule has 0 saturated carbocycles. The van der Waals surface area contributed by atoms with Crippen molar-refractivity contribution in [2.75, 3.05) is 26.7 Å². The van der Waals surface area contributed by atoms with Gasteiger partial charge in [0.1, 0.15) is 6.04 Å². The van der Waals surface area contributed by atoms with Gasteiger partial charge in [0.2, 0.25) is 21.8 Å². The molecular weight excluding hydrogens is 450 g/mol. The van der Waals surface area contributed by atoms with Crippen molar-refractivity contribution in [1.82, 2.24) is 14.5 Å². The number of sulfonamides is 1. The molecule has 34 heavy (non-hydrogen) atoms. The smallest absolute Gasteiger partial charge is 0.242 e. The first-order chi connectivity index (χ1) is 16.3. The summed E-state index contributed by atoms with van der Waals surface area (Å²) in [6.07, 6.45) is 3.04. The predicted molar refractivity (Wildman–Crippen MR) is 135 cm³/mol. The lowest BCUT2D eigenvalue weighted by molar-refractivity contribution is -0.140. The summed E-state index contributed by atoms with van der Waals surface area (Å²) >= 11 is 0. The van der Waals surface area contributed by atoms with Gasteiger partial charge in [0.25, 0.3) is 0 Å². The monoisotopic (exact) mass is 487 g/mol. The number of carbonyl (C=O) groups is 2. The summed E-state index contributed by atoms with van der Waals surface area (Å²) < 4.78 is 26.7. The molecule has 1 unspecified atom stereocenters. The molecule has 2 aromatic carbocycles. The number of benzene rings is 2. The molecule has 0 heterocycles. The second-order valence-corrected chi connectivity index (χ2v) is 10.4. The van der Waals surface area contributed by atoms with Crippen LogP contribution in [-0.2, 0) is 26.0 Å². The fourth-order valence-electron chi connectivity index (χ4n) is 3.60. The zero-order valence-corrected chi connectivity index (χ0v) is 21.3. The third kappa shape index (κ3) is 8.25. The van der Waals surface area contributed by atoms with E-state index in [1.165, 1.54) is 11.4 Å². The van der Waals surface area contributed by atoms with Gasteiger partial charge in [-0.1, -0.05) is 61.9 Å². The van der Waals surface area contributed by atoms with Crippen LogP contribution in [0.25, 0.3) is 0 Å². The van der Waals surface area contributed by atoms with E-state index in [0.29, 0.717) is 25.9 Å². The second kappa shape index (κ2) is 13.9. The Labute approximate surface area is 204 Å². The Bertz CT molecular complexity index is 997. The molecule has 0 bridgehead atoms. The van der Waals surface area contributed by atoms with Crippen LogP contribution in [0.3, 0.4) is 0 Å². The van der Waals surface area contributed by atoms with E-state index in [1.54, 1.807) is 42.2 Å². The van der Waals surface area contributed by atoms with E-state index in [0.717, 1.165) is 18.4 Å². The van der Waals surface area contributed by atoms with Crippen LogP contribution in [0.5, 0.6) is 0 Å². The predicted octanol–water partition coefficient (Wildman–Crippen LogP) is 3.46. The van der Waals surface area contributed by atoms with Gasteiger partial charge in [0.15, 0.2) is 0 Å². The molecule has 1 N–H and O–H groups in total. The molecule has 2 aromatic rings. The molecule has 7 nitrogen and oxygen atoms in total. The second-order valence-electron chi connectivity index (χ2n) is 8.39. The first-order valence-corrected chi connectivity index (χ1v) is 13.3. The van der Waals surface area contributed by atoms with Crippen molar-refractivity contribution in [3.8, 4) is 0 Å². The Morgan fingerprint density at radius 2 is 1.56 bits per heavy atom. The van der Waals surface area contributed by atoms with Gasteiger partial charge in [0, 0.05) is 33.1 Å². The van der Waals surface area contributed by atoms with E-state index in [2.05, 4.69) is 12.2 Å². The van der Waals surface area contributed by atoms with Crippen molar-refractivity contribution in [3.05, 3.63) is 66.2 Å². The number of amides is 2. The van der Waals surface area contributed by atoms with E-state index < -0.39 is 16.1 Å². The average molecular weight is 488 g/mol. The van der Waals surface area contributed by atoms with Gasteiger partial charge >= 0.3 is 0 Å². The van der Waals surface area contributed by atoms with E-state index in [-0.39, 0.29) is 29.7 Å². The van der Waals surface area contributed by atoms with Crippen LogP contribution in [0.15, 0.2) is 65.6 Å². The maximum Gasteiger partial charge on any atom is 0.242 e. The minimum Gasteiger partial charge on any atom is -0.354 e. The molecule has 2 amide bonds. The number of nitrogens with zero attached hydrogens (tertiary/aromatic N) is 2. The fraction of sp³-hybridized carbons (Fsp3) is 0.462. The van der Waals surface area contributed by atoms with Gasteiger partial charge in [-0.05, 0) is 43.9 Å². The summed E-state index contributed by atoms with van der Waals surface area (Å²) in [6, 6.07) is 17.5. The van der Waals surface area contributed by atoms with E-state index in [9.17, 15) is 18.0 Å². The maximum absolute atomic E-state index is 13.1. The number of nitrogens with one attached hydrogen (secondary N) is 1. The summed E-state index contributed by atoms with van der Waals surface area (Å²) in [7, 11) is -2.08. The number of unbranched alkanes of at least 4 members (excludes halogenated alkanes) is 1. The Kier molecular flexibility index (Phi) is 11.2. The van der Waals surface area contributed by atoms with Crippen LogP contribution < -0.4 is 5.32 Å². The maximum atomic E-state index is 13.1. The molecular formula is C26H37N3O4S. The quantitative estimate of drug-likeness (QED) is 0.414. The third-order valence-corrected chi connectivity index (χ3v) is 7.67. The van der Waals surface area contributed by atoms with Gasteiger partial charge in [-0.3, -0.25) is 9.59 Å². The zero-order valence-electron chi connectivity index (χ0n) is 20.4. The molecule has 0 radical (unpaired) electrons. The van der Waals surface area contributed by atoms with Crippen molar-refractivity contribution in [2.24, 2.45) is 0 Å². The number of carbonyl (C=O) groups excluding carboxylic acids is 2. The molecule has 1 atom stereocenters. The lowest BCUT2D eigenvalue weighted by Gasteiger charge is -2.29. The summed E-state index contributed by atoms with van der Waals surface area (Å²) in [4.78, 5) is 27.6. The molecule has 0 aliphatic rings. The number of hydrogen-bond donors (Lipinski definition) is 1. The minimum atomic E-state index is -3.60. The first-order valence-electron chi connectivity index (χ1n) is 11.9. The molecule has 8 heteroatoms. The van der Waals surface area contributed by atoms with Gasteiger partial charge in [-0.25, -0.2) is 12.7 Å². The van der Waals surface area contributed by atoms with Gasteiger partial charge in [-0.15, -0.1) is 0 Å². The van der Waals surface area contributed by atoms with Crippen molar-refractivity contribution >= 4 is 21.8 Å². The normalized spacial score (nSPS) is 12.4. The van der Waals surface area contributed by atoms with Crippen LogP contribution in [0.4, 0.5) is 0 Å².